The highest BCUT2D eigenvalue weighted by molar-refractivity contribution is 5.78. The van der Waals surface area contributed by atoms with Gasteiger partial charge in [0.05, 0.1) is 0 Å². The van der Waals surface area contributed by atoms with Gasteiger partial charge < -0.3 is 0 Å². The number of nitrogens with one attached hydrogen (secondary N) is 3. The highest BCUT2D eigenvalue weighted by Gasteiger charge is 2.23. The van der Waals surface area contributed by atoms with Crippen LogP contribution < -0.4 is 21.5 Å². The second-order valence-corrected chi connectivity index (χ2v) is 2.58. The molecule has 14 heavy (non-hydrogen) atoms. The van der Waals surface area contributed by atoms with E-state index < -0.39 is 17.7 Å². The lowest BCUT2D eigenvalue weighted by atomic mass is 10.3. The van der Waals surface area contributed by atoms with Crippen molar-refractivity contribution in [1.82, 2.24) is 16.4 Å². The zero-order chi connectivity index (χ0) is 10.1. The maximum atomic E-state index is 13.1. The Morgan fingerprint density at radius 2 is 1.86 bits per heavy atom. The molecule has 0 saturated carbocycles. The molecule has 7 heteroatoms. The second kappa shape index (κ2) is 3.11. The molecule has 1 saturated heterocycles. The Balaban J connectivity index is 2.36. The van der Waals surface area contributed by atoms with Crippen molar-refractivity contribution < 1.29 is 13.6 Å². The first-order chi connectivity index (χ1) is 6.68. The molecule has 1 aliphatic rings. The van der Waals surface area contributed by atoms with Crippen molar-refractivity contribution in [1.29, 1.82) is 0 Å². The van der Waals surface area contributed by atoms with E-state index in [2.05, 4.69) is 16.4 Å². The minimum absolute atomic E-state index is 0.370. The smallest absolute Gasteiger partial charge is 0.252 e. The monoisotopic (exact) mass is 200 g/mol. The van der Waals surface area contributed by atoms with E-state index in [-0.39, 0.29) is 5.69 Å². The molecule has 0 radical (unpaired) electrons. The second-order valence-electron chi connectivity index (χ2n) is 2.58. The minimum atomic E-state index is -0.776. The maximum absolute atomic E-state index is 13.1. The summed E-state index contributed by atoms with van der Waals surface area (Å²) in [6.07, 6.45) is 0. The summed E-state index contributed by atoms with van der Waals surface area (Å²) in [7, 11) is 0. The molecule has 1 aliphatic heterocycles. The first-order valence-corrected chi connectivity index (χ1v) is 3.75. The molecule has 1 aromatic carbocycles. The predicted octanol–water partition coefficient (Wildman–Crippen LogP) is 0.419. The van der Waals surface area contributed by atoms with Crippen molar-refractivity contribution in [3.8, 4) is 0 Å². The van der Waals surface area contributed by atoms with Gasteiger partial charge in [-0.2, -0.15) is 5.12 Å². The van der Waals surface area contributed by atoms with Crippen LogP contribution in [0.15, 0.2) is 18.2 Å². The molecule has 2 amide bonds. The van der Waals surface area contributed by atoms with Crippen LogP contribution in [0.25, 0.3) is 0 Å². The molecule has 1 heterocycles. The van der Waals surface area contributed by atoms with Crippen molar-refractivity contribution in [3.05, 3.63) is 29.8 Å². The predicted molar refractivity (Wildman–Crippen MR) is 43.6 cm³/mol. The Morgan fingerprint density at radius 3 is 2.36 bits per heavy atom. The van der Waals surface area contributed by atoms with Gasteiger partial charge in [-0.3, -0.25) is 5.43 Å². The summed E-state index contributed by atoms with van der Waals surface area (Å²) in [5.74, 6) is -1.55. The lowest BCUT2D eigenvalue weighted by molar-refractivity contribution is 0.247. The van der Waals surface area contributed by atoms with Crippen LogP contribution in [0, 0.1) is 11.6 Å². The molecular weight excluding hydrogens is 194 g/mol. The Labute approximate surface area is 77.6 Å². The van der Waals surface area contributed by atoms with Gasteiger partial charge in [-0.1, -0.05) is 6.07 Å². The van der Waals surface area contributed by atoms with Crippen molar-refractivity contribution in [2.45, 2.75) is 0 Å². The quantitative estimate of drug-likeness (QED) is 0.615. The molecule has 0 atom stereocenters. The Morgan fingerprint density at radius 1 is 1.21 bits per heavy atom. The van der Waals surface area contributed by atoms with E-state index in [1.165, 1.54) is 6.07 Å². The molecule has 0 spiro atoms. The molecular formula is C7H6F2N4O. The summed E-state index contributed by atoms with van der Waals surface area (Å²) in [4.78, 5) is 10.7. The molecule has 1 aromatic rings. The van der Waals surface area contributed by atoms with Gasteiger partial charge in [0, 0.05) is 0 Å². The summed E-state index contributed by atoms with van der Waals surface area (Å²) in [5, 5.41) is 0.826. The third-order valence-electron chi connectivity index (χ3n) is 1.66. The van der Waals surface area contributed by atoms with Crippen LogP contribution >= 0.6 is 0 Å². The molecule has 2 rings (SSSR count). The molecule has 0 bridgehead atoms. The average molecular weight is 200 g/mol. The van der Waals surface area contributed by atoms with Crippen LogP contribution in [-0.2, 0) is 0 Å². The van der Waals surface area contributed by atoms with E-state index >= 15 is 0 Å². The number of anilines is 1. The van der Waals surface area contributed by atoms with E-state index in [1.54, 1.807) is 0 Å². The van der Waals surface area contributed by atoms with Crippen molar-refractivity contribution >= 4 is 11.7 Å². The lowest BCUT2D eigenvalue weighted by Gasteiger charge is -2.16. The molecule has 0 aliphatic carbocycles. The molecule has 5 nitrogen and oxygen atoms in total. The summed E-state index contributed by atoms with van der Waals surface area (Å²) in [6, 6.07) is 2.82. The van der Waals surface area contributed by atoms with Gasteiger partial charge in [0.15, 0.2) is 11.6 Å². The number of halogens is 2. The Bertz CT molecular complexity index is 364. The zero-order valence-electron chi connectivity index (χ0n) is 6.84. The largest absolute Gasteiger partial charge is 0.350 e. The number of hydrogen-bond acceptors (Lipinski definition) is 3. The number of para-hydroxylation sites is 1. The summed E-state index contributed by atoms with van der Waals surface area (Å²) in [6.45, 7) is 0. The molecule has 0 aromatic heterocycles. The Hall–Kier alpha value is -1.89. The summed E-state index contributed by atoms with van der Waals surface area (Å²) >= 11 is 0. The molecule has 0 unspecified atom stereocenters. The number of urea groups is 1. The highest BCUT2D eigenvalue weighted by Crippen LogP contribution is 2.20. The average Bonchev–Trinajstić information content (AvgIpc) is 2.51. The van der Waals surface area contributed by atoms with E-state index in [0.717, 1.165) is 17.3 Å². The van der Waals surface area contributed by atoms with Crippen LogP contribution in [0.2, 0.25) is 0 Å². The normalized spacial score (nSPS) is 15.3. The molecule has 74 valence electrons. The third kappa shape index (κ3) is 1.33. The summed E-state index contributed by atoms with van der Waals surface area (Å²) in [5.41, 5.74) is 6.14. The van der Waals surface area contributed by atoms with Crippen LogP contribution in [0.5, 0.6) is 0 Å². The first kappa shape index (κ1) is 8.70. The number of amides is 2. The van der Waals surface area contributed by atoms with Crippen molar-refractivity contribution in [2.24, 2.45) is 0 Å². The van der Waals surface area contributed by atoms with Gasteiger partial charge in [-0.25, -0.2) is 19.0 Å². The fourth-order valence-electron chi connectivity index (χ4n) is 1.08. The third-order valence-corrected chi connectivity index (χ3v) is 1.66. The van der Waals surface area contributed by atoms with Gasteiger partial charge in [-0.15, -0.1) is 5.53 Å². The zero-order valence-corrected chi connectivity index (χ0v) is 6.84. The van der Waals surface area contributed by atoms with Gasteiger partial charge >= 0.3 is 6.03 Å². The number of benzene rings is 1. The van der Waals surface area contributed by atoms with Crippen LogP contribution in [-0.4, -0.2) is 6.03 Å². The van der Waals surface area contributed by atoms with Crippen LogP contribution in [0.3, 0.4) is 0 Å². The fraction of sp³-hybridized carbons (Fsp3) is 0. The number of nitrogens with zero attached hydrogens (tertiary/aromatic N) is 1. The minimum Gasteiger partial charge on any atom is -0.252 e. The van der Waals surface area contributed by atoms with Gasteiger partial charge in [-0.05, 0) is 12.1 Å². The van der Waals surface area contributed by atoms with E-state index in [0.29, 0.717) is 0 Å². The topological polar surface area (TPSA) is 56.4 Å². The van der Waals surface area contributed by atoms with Crippen molar-refractivity contribution in [2.75, 3.05) is 5.12 Å². The van der Waals surface area contributed by atoms with Crippen LogP contribution in [0.1, 0.15) is 0 Å². The van der Waals surface area contributed by atoms with Gasteiger partial charge in [0.1, 0.15) is 5.69 Å². The van der Waals surface area contributed by atoms with Gasteiger partial charge in [0.2, 0.25) is 0 Å². The number of rotatable bonds is 1. The van der Waals surface area contributed by atoms with E-state index in [9.17, 15) is 13.6 Å². The van der Waals surface area contributed by atoms with E-state index in [4.69, 9.17) is 0 Å². The highest BCUT2D eigenvalue weighted by atomic mass is 19.1. The van der Waals surface area contributed by atoms with Gasteiger partial charge in [0.25, 0.3) is 0 Å². The summed E-state index contributed by atoms with van der Waals surface area (Å²) < 4.78 is 26.3. The fourth-order valence-corrected chi connectivity index (χ4v) is 1.08. The Kier molecular flexibility index (Phi) is 1.93. The SMILES string of the molecule is O=C1NNN(c2c(F)cccc2F)N1. The number of hydrogen-bond donors (Lipinski definition) is 3. The molecule has 3 N–H and O–H groups in total. The number of hydrazine groups is 3. The first-order valence-electron chi connectivity index (χ1n) is 3.75. The maximum Gasteiger partial charge on any atom is 0.350 e. The van der Waals surface area contributed by atoms with Crippen molar-refractivity contribution in [3.63, 3.8) is 0 Å². The van der Waals surface area contributed by atoms with E-state index in [1.807, 2.05) is 0 Å². The molecule has 1 fully saturated rings. The van der Waals surface area contributed by atoms with Crippen LogP contribution in [0.4, 0.5) is 19.3 Å². The standard InChI is InChI=1S/C7H6F2N4O/c8-4-2-1-3-5(9)6(4)13-11-7(14)10-12-13/h1-3,12H,(H2,10,11,14). The lowest BCUT2D eigenvalue weighted by Crippen LogP contribution is -2.41. The number of carbonyl (C=O) groups is 1. The number of carbonyl (C=O) groups excluding carboxylic acids is 1.